The molecule has 0 aliphatic heterocycles. The highest BCUT2D eigenvalue weighted by atomic mass is 16.3. The van der Waals surface area contributed by atoms with Crippen LogP contribution in [-0.4, -0.2) is 31.5 Å². The standard InChI is InChI=1S/C15H17N5O/c1-10-3-5-12(6-4-10)13(21)9-16-14-7-8-15-18-17-11(2)20(15)19-14/h3-8,13,21H,9H2,1-2H3,(H,16,19). The van der Waals surface area contributed by atoms with E-state index in [1.54, 1.807) is 4.52 Å². The molecular weight excluding hydrogens is 266 g/mol. The molecular formula is C15H17N5O. The van der Waals surface area contributed by atoms with Crippen LogP contribution in [0.15, 0.2) is 36.4 Å². The van der Waals surface area contributed by atoms with Crippen LogP contribution in [-0.2, 0) is 0 Å². The van der Waals surface area contributed by atoms with Crippen LogP contribution in [0.2, 0.25) is 0 Å². The molecule has 6 nitrogen and oxygen atoms in total. The van der Waals surface area contributed by atoms with E-state index < -0.39 is 6.10 Å². The molecule has 0 spiro atoms. The summed E-state index contributed by atoms with van der Waals surface area (Å²) < 4.78 is 1.67. The maximum absolute atomic E-state index is 10.2. The molecule has 21 heavy (non-hydrogen) atoms. The van der Waals surface area contributed by atoms with Gasteiger partial charge in [0.1, 0.15) is 5.82 Å². The third kappa shape index (κ3) is 2.85. The van der Waals surface area contributed by atoms with Gasteiger partial charge in [0.2, 0.25) is 0 Å². The van der Waals surface area contributed by atoms with Crippen LogP contribution >= 0.6 is 0 Å². The number of aliphatic hydroxyl groups is 1. The number of hydrogen-bond donors (Lipinski definition) is 2. The van der Waals surface area contributed by atoms with Crippen molar-refractivity contribution in [1.29, 1.82) is 0 Å². The van der Waals surface area contributed by atoms with Gasteiger partial charge in [-0.25, -0.2) is 0 Å². The van der Waals surface area contributed by atoms with Crippen LogP contribution < -0.4 is 5.32 Å². The molecule has 2 aromatic heterocycles. The van der Waals surface area contributed by atoms with Gasteiger partial charge < -0.3 is 10.4 Å². The Kier molecular flexibility index (Phi) is 3.53. The monoisotopic (exact) mass is 283 g/mol. The van der Waals surface area contributed by atoms with Gasteiger partial charge in [0, 0.05) is 6.54 Å². The summed E-state index contributed by atoms with van der Waals surface area (Å²) in [5.41, 5.74) is 2.76. The highest BCUT2D eigenvalue weighted by Crippen LogP contribution is 2.15. The van der Waals surface area contributed by atoms with Crippen LogP contribution in [0.3, 0.4) is 0 Å². The largest absolute Gasteiger partial charge is 0.387 e. The van der Waals surface area contributed by atoms with E-state index >= 15 is 0 Å². The first-order chi connectivity index (χ1) is 10.1. The second-order valence-electron chi connectivity index (χ2n) is 5.04. The molecule has 3 aromatic rings. The van der Waals surface area contributed by atoms with Gasteiger partial charge in [-0.1, -0.05) is 29.8 Å². The predicted octanol–water partition coefficient (Wildman–Crippen LogP) is 1.89. The third-order valence-electron chi connectivity index (χ3n) is 3.36. The molecule has 3 rings (SSSR count). The highest BCUT2D eigenvalue weighted by molar-refractivity contribution is 5.44. The van der Waals surface area contributed by atoms with Gasteiger partial charge in [0.25, 0.3) is 0 Å². The van der Waals surface area contributed by atoms with Gasteiger partial charge in [-0.2, -0.15) is 4.52 Å². The lowest BCUT2D eigenvalue weighted by atomic mass is 10.1. The minimum Gasteiger partial charge on any atom is -0.387 e. The van der Waals surface area contributed by atoms with Crippen molar-refractivity contribution < 1.29 is 5.11 Å². The number of benzene rings is 1. The number of hydrogen-bond acceptors (Lipinski definition) is 5. The molecule has 0 radical (unpaired) electrons. The Hall–Kier alpha value is -2.47. The average Bonchev–Trinajstić information content (AvgIpc) is 2.87. The number of aromatic nitrogens is 4. The first-order valence-corrected chi connectivity index (χ1v) is 6.81. The third-order valence-corrected chi connectivity index (χ3v) is 3.36. The second-order valence-corrected chi connectivity index (χ2v) is 5.04. The van der Waals surface area contributed by atoms with Crippen molar-refractivity contribution in [3.63, 3.8) is 0 Å². The van der Waals surface area contributed by atoms with E-state index in [-0.39, 0.29) is 0 Å². The molecule has 0 bridgehead atoms. The summed E-state index contributed by atoms with van der Waals surface area (Å²) in [7, 11) is 0. The molecule has 2 heterocycles. The lowest BCUT2D eigenvalue weighted by molar-refractivity contribution is 0.191. The molecule has 0 aliphatic carbocycles. The lowest BCUT2D eigenvalue weighted by Crippen LogP contribution is -2.13. The smallest absolute Gasteiger partial charge is 0.178 e. The Labute approximate surface area is 122 Å². The number of anilines is 1. The normalized spacial score (nSPS) is 12.5. The predicted molar refractivity (Wildman–Crippen MR) is 80.1 cm³/mol. The number of aryl methyl sites for hydroxylation is 2. The van der Waals surface area contributed by atoms with E-state index in [2.05, 4.69) is 20.6 Å². The molecule has 0 saturated carbocycles. The van der Waals surface area contributed by atoms with Gasteiger partial charge >= 0.3 is 0 Å². The molecule has 0 amide bonds. The van der Waals surface area contributed by atoms with Crippen molar-refractivity contribution in [2.45, 2.75) is 20.0 Å². The fourth-order valence-corrected chi connectivity index (χ4v) is 2.10. The summed E-state index contributed by atoms with van der Waals surface area (Å²) >= 11 is 0. The van der Waals surface area contributed by atoms with E-state index in [1.807, 2.05) is 50.2 Å². The molecule has 1 aromatic carbocycles. The lowest BCUT2D eigenvalue weighted by Gasteiger charge is -2.13. The van der Waals surface area contributed by atoms with Crippen molar-refractivity contribution >= 4 is 11.5 Å². The summed E-state index contributed by atoms with van der Waals surface area (Å²) in [6.07, 6.45) is -0.579. The molecule has 0 aliphatic rings. The van der Waals surface area contributed by atoms with Crippen molar-refractivity contribution in [2.75, 3.05) is 11.9 Å². The Morgan fingerprint density at radius 3 is 2.62 bits per heavy atom. The fourth-order valence-electron chi connectivity index (χ4n) is 2.10. The molecule has 108 valence electrons. The first kappa shape index (κ1) is 13.5. The SMILES string of the molecule is Cc1ccc(C(O)CNc2ccc3nnc(C)n3n2)cc1. The summed E-state index contributed by atoms with van der Waals surface area (Å²) in [5.74, 6) is 1.41. The van der Waals surface area contributed by atoms with Gasteiger partial charge in [-0.15, -0.1) is 15.3 Å². The van der Waals surface area contributed by atoms with Gasteiger partial charge in [0.05, 0.1) is 6.10 Å². The fraction of sp³-hybridized carbons (Fsp3) is 0.267. The van der Waals surface area contributed by atoms with Crippen LogP contribution in [0.25, 0.3) is 5.65 Å². The zero-order valence-electron chi connectivity index (χ0n) is 12.0. The summed E-state index contributed by atoms with van der Waals surface area (Å²) in [5, 5.41) is 25.6. The topological polar surface area (TPSA) is 75.3 Å². The van der Waals surface area contributed by atoms with Crippen molar-refractivity contribution in [3.8, 4) is 0 Å². The van der Waals surface area contributed by atoms with Crippen molar-refractivity contribution in [1.82, 2.24) is 19.8 Å². The van der Waals surface area contributed by atoms with Crippen LogP contribution in [0, 0.1) is 13.8 Å². The first-order valence-electron chi connectivity index (χ1n) is 6.81. The van der Waals surface area contributed by atoms with Crippen LogP contribution in [0.4, 0.5) is 5.82 Å². The van der Waals surface area contributed by atoms with E-state index in [0.717, 1.165) is 11.4 Å². The molecule has 1 unspecified atom stereocenters. The zero-order valence-corrected chi connectivity index (χ0v) is 12.0. The Morgan fingerprint density at radius 1 is 1.10 bits per heavy atom. The molecule has 1 atom stereocenters. The van der Waals surface area contributed by atoms with Gasteiger partial charge in [-0.3, -0.25) is 0 Å². The van der Waals surface area contributed by atoms with Crippen molar-refractivity contribution in [3.05, 3.63) is 53.3 Å². The van der Waals surface area contributed by atoms with Crippen LogP contribution in [0.1, 0.15) is 23.1 Å². The maximum Gasteiger partial charge on any atom is 0.178 e. The number of rotatable bonds is 4. The second kappa shape index (κ2) is 5.49. The van der Waals surface area contributed by atoms with Gasteiger partial charge in [0.15, 0.2) is 11.5 Å². The van der Waals surface area contributed by atoms with E-state index in [1.165, 1.54) is 5.56 Å². The van der Waals surface area contributed by atoms with E-state index in [4.69, 9.17) is 0 Å². The minimum atomic E-state index is -0.579. The molecule has 2 N–H and O–H groups in total. The Balaban J connectivity index is 1.70. The molecule has 6 heteroatoms. The van der Waals surface area contributed by atoms with E-state index in [9.17, 15) is 5.11 Å². The number of fused-ring (bicyclic) bond motifs is 1. The number of aliphatic hydroxyl groups excluding tert-OH is 1. The quantitative estimate of drug-likeness (QED) is 0.764. The van der Waals surface area contributed by atoms with Gasteiger partial charge in [-0.05, 0) is 31.5 Å². The number of nitrogens with one attached hydrogen (secondary N) is 1. The maximum atomic E-state index is 10.2. The average molecular weight is 283 g/mol. The van der Waals surface area contributed by atoms with Crippen molar-refractivity contribution in [2.24, 2.45) is 0 Å². The van der Waals surface area contributed by atoms with Crippen LogP contribution in [0.5, 0.6) is 0 Å². The highest BCUT2D eigenvalue weighted by Gasteiger charge is 2.08. The minimum absolute atomic E-state index is 0.392. The summed E-state index contributed by atoms with van der Waals surface area (Å²) in [4.78, 5) is 0. The molecule has 0 fully saturated rings. The summed E-state index contributed by atoms with van der Waals surface area (Å²) in [6, 6.07) is 11.5. The summed E-state index contributed by atoms with van der Waals surface area (Å²) in [6.45, 7) is 4.26. The zero-order chi connectivity index (χ0) is 14.8. The molecule has 0 saturated heterocycles. The van der Waals surface area contributed by atoms with E-state index in [0.29, 0.717) is 18.0 Å². The Bertz CT molecular complexity index is 750. The Morgan fingerprint density at radius 2 is 1.86 bits per heavy atom. The number of nitrogens with zero attached hydrogens (tertiary/aromatic N) is 4.